The molecular weight excluding hydrogens is 406 g/mol. The van der Waals surface area contributed by atoms with Gasteiger partial charge in [-0.15, -0.1) is 0 Å². The fourth-order valence-corrected chi connectivity index (χ4v) is 2.78. The molecule has 28 heavy (non-hydrogen) atoms. The van der Waals surface area contributed by atoms with E-state index in [1.54, 1.807) is 48.5 Å². The van der Waals surface area contributed by atoms with E-state index in [2.05, 4.69) is 5.32 Å². The molecule has 2 rings (SSSR count). The van der Waals surface area contributed by atoms with Gasteiger partial charge in [-0.2, -0.15) is 8.42 Å². The topological polar surface area (TPSA) is 110 Å². The monoisotopic (exact) mass is 425 g/mol. The van der Waals surface area contributed by atoms with Crippen LogP contribution < -0.4 is 10.1 Å². The van der Waals surface area contributed by atoms with E-state index in [1.807, 2.05) is 0 Å². The van der Waals surface area contributed by atoms with Gasteiger partial charge >= 0.3 is 0 Å². The largest absolute Gasteiger partial charge is 0.478 e. The minimum atomic E-state index is -4.16. The molecule has 9 heteroatoms. The van der Waals surface area contributed by atoms with Crippen molar-refractivity contribution in [2.24, 2.45) is 0 Å². The summed E-state index contributed by atoms with van der Waals surface area (Å²) in [6.07, 6.45) is 0. The molecule has 0 aliphatic carbocycles. The zero-order valence-electron chi connectivity index (χ0n) is 15.3. The summed E-state index contributed by atoms with van der Waals surface area (Å²) in [7, 11) is -4.16. The average molecular weight is 426 g/mol. The third-order valence-corrected chi connectivity index (χ3v) is 4.76. The van der Waals surface area contributed by atoms with Crippen molar-refractivity contribution < 1.29 is 27.3 Å². The normalized spacial score (nSPS) is 11.7. The van der Waals surface area contributed by atoms with Crippen LogP contribution in [-0.2, 0) is 14.9 Å². The van der Waals surface area contributed by atoms with Gasteiger partial charge in [0.1, 0.15) is 5.75 Å². The highest BCUT2D eigenvalue weighted by atomic mass is 35.5. The first-order chi connectivity index (χ1) is 13.0. The number of amides is 1. The molecule has 2 N–H and O–H groups in total. The standard InChI is InChI=1S/C19H20ClNO6S/c1-19(2,18(23)21-11-12-28(24,25)26)27-16-9-5-14(6-10-16)17(22)13-3-7-15(20)8-4-13/h3-10H,11-12H2,1-2H3,(H,21,23)(H,24,25,26). The minimum absolute atomic E-state index is 0.176. The van der Waals surface area contributed by atoms with E-state index in [-0.39, 0.29) is 12.3 Å². The lowest BCUT2D eigenvalue weighted by Gasteiger charge is -2.25. The average Bonchev–Trinajstić information content (AvgIpc) is 2.61. The van der Waals surface area contributed by atoms with E-state index in [9.17, 15) is 18.0 Å². The Morgan fingerprint density at radius 1 is 1.04 bits per heavy atom. The maximum Gasteiger partial charge on any atom is 0.266 e. The number of nitrogens with one attached hydrogen (secondary N) is 1. The molecule has 0 aliphatic heterocycles. The summed E-state index contributed by atoms with van der Waals surface area (Å²) in [6, 6.07) is 12.8. The lowest BCUT2D eigenvalue weighted by molar-refractivity contribution is -0.134. The van der Waals surface area contributed by atoms with Crippen LogP contribution in [0.4, 0.5) is 0 Å². The number of rotatable bonds is 8. The molecule has 1 amide bonds. The summed E-state index contributed by atoms with van der Waals surface area (Å²) in [4.78, 5) is 24.6. The SMILES string of the molecule is CC(C)(Oc1ccc(C(=O)c2ccc(Cl)cc2)cc1)C(=O)NCCS(=O)(=O)O. The van der Waals surface area contributed by atoms with Crippen molar-refractivity contribution in [1.29, 1.82) is 0 Å². The van der Waals surface area contributed by atoms with Gasteiger partial charge in [0, 0.05) is 22.7 Å². The second-order valence-corrected chi connectivity index (χ2v) is 8.52. The fourth-order valence-electron chi connectivity index (χ4n) is 2.29. The number of ketones is 1. The van der Waals surface area contributed by atoms with E-state index in [0.717, 1.165) is 0 Å². The van der Waals surface area contributed by atoms with Crippen molar-refractivity contribution in [3.8, 4) is 5.75 Å². The predicted molar refractivity (Wildman–Crippen MR) is 105 cm³/mol. The van der Waals surface area contributed by atoms with Crippen LogP contribution in [0.3, 0.4) is 0 Å². The Balaban J connectivity index is 2.01. The lowest BCUT2D eigenvalue weighted by atomic mass is 10.0. The third-order valence-electron chi connectivity index (χ3n) is 3.79. The van der Waals surface area contributed by atoms with Crippen LogP contribution in [-0.4, -0.2) is 42.6 Å². The van der Waals surface area contributed by atoms with Crippen LogP contribution in [0.1, 0.15) is 29.8 Å². The van der Waals surface area contributed by atoms with Gasteiger partial charge in [-0.1, -0.05) is 11.6 Å². The second-order valence-electron chi connectivity index (χ2n) is 6.51. The molecule has 0 aromatic heterocycles. The molecule has 7 nitrogen and oxygen atoms in total. The predicted octanol–water partition coefficient (Wildman–Crippen LogP) is 2.73. The Morgan fingerprint density at radius 3 is 2.04 bits per heavy atom. The number of hydrogen-bond donors (Lipinski definition) is 2. The Kier molecular flexibility index (Phi) is 6.82. The van der Waals surface area contributed by atoms with Gasteiger partial charge in [0.2, 0.25) is 0 Å². The maximum atomic E-state index is 12.4. The minimum Gasteiger partial charge on any atom is -0.478 e. The van der Waals surface area contributed by atoms with Crippen LogP contribution in [0.5, 0.6) is 5.75 Å². The van der Waals surface area contributed by atoms with Crippen molar-refractivity contribution in [1.82, 2.24) is 5.32 Å². The number of carbonyl (C=O) groups is 2. The first kappa shape index (κ1) is 21.9. The Morgan fingerprint density at radius 2 is 1.54 bits per heavy atom. The maximum absolute atomic E-state index is 12.4. The Labute approximate surface area is 168 Å². The molecule has 0 fully saturated rings. The van der Waals surface area contributed by atoms with Gasteiger partial charge in [-0.05, 0) is 62.4 Å². The quantitative estimate of drug-likeness (QED) is 0.497. The molecule has 0 unspecified atom stereocenters. The van der Waals surface area contributed by atoms with Gasteiger partial charge < -0.3 is 10.1 Å². The molecule has 0 saturated heterocycles. The molecule has 0 heterocycles. The van der Waals surface area contributed by atoms with Crippen molar-refractivity contribution in [3.63, 3.8) is 0 Å². The first-order valence-corrected chi connectivity index (χ1v) is 10.3. The van der Waals surface area contributed by atoms with Gasteiger partial charge in [-0.25, -0.2) is 0 Å². The van der Waals surface area contributed by atoms with Crippen molar-refractivity contribution in [3.05, 3.63) is 64.7 Å². The Hall–Kier alpha value is -2.42. The fraction of sp³-hybridized carbons (Fsp3) is 0.263. The van der Waals surface area contributed by atoms with Crippen LogP contribution >= 0.6 is 11.6 Å². The smallest absolute Gasteiger partial charge is 0.266 e. The first-order valence-electron chi connectivity index (χ1n) is 8.31. The highest BCUT2D eigenvalue weighted by molar-refractivity contribution is 7.85. The van der Waals surface area contributed by atoms with Crippen molar-refractivity contribution in [2.75, 3.05) is 12.3 Å². The van der Waals surface area contributed by atoms with Gasteiger partial charge in [0.05, 0.1) is 5.75 Å². The molecule has 0 radical (unpaired) electrons. The molecule has 2 aromatic carbocycles. The van der Waals surface area contributed by atoms with E-state index < -0.39 is 27.4 Å². The van der Waals surface area contributed by atoms with Gasteiger partial charge in [0.25, 0.3) is 16.0 Å². The van der Waals surface area contributed by atoms with Crippen molar-refractivity contribution in [2.45, 2.75) is 19.4 Å². The molecule has 0 atom stereocenters. The van der Waals surface area contributed by atoms with Crippen LogP contribution in [0.2, 0.25) is 5.02 Å². The van der Waals surface area contributed by atoms with Crippen LogP contribution in [0, 0.1) is 0 Å². The third kappa shape index (κ3) is 6.33. The van der Waals surface area contributed by atoms with E-state index >= 15 is 0 Å². The van der Waals surface area contributed by atoms with Crippen LogP contribution in [0.15, 0.2) is 48.5 Å². The second kappa shape index (κ2) is 8.72. The zero-order chi connectivity index (χ0) is 20.9. The van der Waals surface area contributed by atoms with E-state index in [4.69, 9.17) is 20.9 Å². The van der Waals surface area contributed by atoms with Gasteiger partial charge in [0.15, 0.2) is 11.4 Å². The molecule has 0 aliphatic rings. The molecule has 2 aromatic rings. The molecular formula is C19H20ClNO6S. The number of hydrogen-bond acceptors (Lipinski definition) is 5. The zero-order valence-corrected chi connectivity index (χ0v) is 16.9. The van der Waals surface area contributed by atoms with Gasteiger partial charge in [-0.3, -0.25) is 14.1 Å². The Bertz CT molecular complexity index is 953. The molecule has 0 saturated carbocycles. The highest BCUT2D eigenvalue weighted by Gasteiger charge is 2.30. The van der Waals surface area contributed by atoms with E-state index in [0.29, 0.717) is 21.9 Å². The summed E-state index contributed by atoms with van der Waals surface area (Å²) >= 11 is 5.82. The highest BCUT2D eigenvalue weighted by Crippen LogP contribution is 2.21. The number of halogens is 1. The summed E-state index contributed by atoms with van der Waals surface area (Å²) in [5.74, 6) is -0.943. The molecule has 0 bridgehead atoms. The summed E-state index contributed by atoms with van der Waals surface area (Å²) in [6.45, 7) is 2.80. The molecule has 150 valence electrons. The molecule has 0 spiro atoms. The summed E-state index contributed by atoms with van der Waals surface area (Å²) in [5, 5.41) is 2.93. The number of benzene rings is 2. The number of carbonyl (C=O) groups excluding carboxylic acids is 2. The summed E-state index contributed by atoms with van der Waals surface area (Å²) in [5.41, 5.74) is -0.345. The number of ether oxygens (including phenoxy) is 1. The van der Waals surface area contributed by atoms with E-state index in [1.165, 1.54) is 13.8 Å². The lowest BCUT2D eigenvalue weighted by Crippen LogP contribution is -2.47. The summed E-state index contributed by atoms with van der Waals surface area (Å²) < 4.78 is 35.7. The van der Waals surface area contributed by atoms with Crippen LogP contribution in [0.25, 0.3) is 0 Å². The van der Waals surface area contributed by atoms with Crippen molar-refractivity contribution >= 4 is 33.4 Å².